The van der Waals surface area contributed by atoms with Crippen molar-refractivity contribution in [3.05, 3.63) is 85.1 Å². The van der Waals surface area contributed by atoms with Crippen molar-refractivity contribution in [2.75, 3.05) is 5.32 Å². The molecule has 94 valence electrons. The number of allylic oxidation sites excluding steroid dienone is 3. The lowest BCUT2D eigenvalue weighted by Gasteiger charge is -1.97. The van der Waals surface area contributed by atoms with Crippen LogP contribution in [-0.4, -0.2) is 6.21 Å². The predicted molar refractivity (Wildman–Crippen MR) is 82.9 cm³/mol. The summed E-state index contributed by atoms with van der Waals surface area (Å²) in [6.45, 7) is 0. The first-order chi connectivity index (χ1) is 9.45. The molecule has 2 nitrogen and oxygen atoms in total. The lowest BCUT2D eigenvalue weighted by Crippen LogP contribution is -1.84. The number of anilines is 1. The number of nitrogens with one attached hydrogen (secondary N) is 1. The quantitative estimate of drug-likeness (QED) is 0.608. The molecule has 0 atom stereocenters. The standard InChI is InChI=1S/C17H16N2/c1-4-10-16(11-5-1)18-14-8-3-9-15-19-17-12-6-2-7-13-17/h1-15,18H. The Kier molecular flexibility index (Phi) is 5.18. The monoisotopic (exact) mass is 248 g/mol. The normalized spacial score (nSPS) is 11.6. The summed E-state index contributed by atoms with van der Waals surface area (Å²) >= 11 is 0. The number of hydrogen-bond donors (Lipinski definition) is 1. The van der Waals surface area contributed by atoms with Gasteiger partial charge in [-0.2, -0.15) is 0 Å². The van der Waals surface area contributed by atoms with E-state index >= 15 is 0 Å². The highest BCUT2D eigenvalue weighted by Crippen LogP contribution is 2.08. The highest BCUT2D eigenvalue weighted by molar-refractivity contribution is 5.74. The number of benzene rings is 2. The smallest absolute Gasteiger partial charge is 0.0629 e. The van der Waals surface area contributed by atoms with Crippen LogP contribution >= 0.6 is 0 Å². The van der Waals surface area contributed by atoms with E-state index in [1.807, 2.05) is 85.1 Å². The van der Waals surface area contributed by atoms with Crippen LogP contribution in [0.2, 0.25) is 0 Å². The van der Waals surface area contributed by atoms with Crippen LogP contribution in [0.4, 0.5) is 11.4 Å². The first kappa shape index (κ1) is 12.8. The number of rotatable bonds is 5. The molecule has 0 heterocycles. The van der Waals surface area contributed by atoms with Crippen LogP contribution in [0, 0.1) is 0 Å². The van der Waals surface area contributed by atoms with Crippen LogP contribution in [0.15, 0.2) is 90.1 Å². The summed E-state index contributed by atoms with van der Waals surface area (Å²) in [4.78, 5) is 4.30. The molecular weight excluding hydrogens is 232 g/mol. The Bertz CT molecular complexity index is 554. The van der Waals surface area contributed by atoms with Crippen LogP contribution < -0.4 is 5.32 Å². The SMILES string of the molecule is C(=CC=Nc1ccccc1)C=CNc1ccccc1. The van der Waals surface area contributed by atoms with Gasteiger partial charge in [0.05, 0.1) is 5.69 Å². The third-order valence-corrected chi connectivity index (χ3v) is 2.41. The molecule has 0 fully saturated rings. The molecule has 0 aromatic heterocycles. The van der Waals surface area contributed by atoms with E-state index in [1.165, 1.54) is 0 Å². The third-order valence-electron chi connectivity index (χ3n) is 2.41. The fourth-order valence-corrected chi connectivity index (χ4v) is 1.49. The molecule has 2 heteroatoms. The van der Waals surface area contributed by atoms with Gasteiger partial charge in [-0.05, 0) is 36.4 Å². The van der Waals surface area contributed by atoms with Gasteiger partial charge in [-0.15, -0.1) is 0 Å². The largest absolute Gasteiger partial charge is 0.362 e. The highest BCUT2D eigenvalue weighted by atomic mass is 14.8. The van der Waals surface area contributed by atoms with Crippen LogP contribution in [0.1, 0.15) is 0 Å². The molecule has 0 amide bonds. The second-order valence-electron chi connectivity index (χ2n) is 3.87. The van der Waals surface area contributed by atoms with Gasteiger partial charge in [-0.25, -0.2) is 0 Å². The Morgan fingerprint density at radius 3 is 2.16 bits per heavy atom. The number of nitrogens with zero attached hydrogens (tertiary/aromatic N) is 1. The van der Waals surface area contributed by atoms with Gasteiger partial charge in [0.2, 0.25) is 0 Å². The molecule has 2 aromatic carbocycles. The van der Waals surface area contributed by atoms with E-state index in [0.717, 1.165) is 11.4 Å². The van der Waals surface area contributed by atoms with E-state index in [2.05, 4.69) is 10.3 Å². The first-order valence-electron chi connectivity index (χ1n) is 6.18. The lowest BCUT2D eigenvalue weighted by molar-refractivity contribution is 1.54. The average Bonchev–Trinajstić information content (AvgIpc) is 2.48. The Morgan fingerprint density at radius 2 is 1.42 bits per heavy atom. The van der Waals surface area contributed by atoms with Crippen molar-refractivity contribution >= 4 is 17.6 Å². The molecular formula is C17H16N2. The molecule has 0 aliphatic carbocycles. The number of hydrogen-bond acceptors (Lipinski definition) is 2. The molecule has 0 saturated heterocycles. The summed E-state index contributed by atoms with van der Waals surface area (Å²) in [6, 6.07) is 19.9. The number of para-hydroxylation sites is 2. The van der Waals surface area contributed by atoms with Crippen LogP contribution in [-0.2, 0) is 0 Å². The van der Waals surface area contributed by atoms with E-state index < -0.39 is 0 Å². The van der Waals surface area contributed by atoms with E-state index in [1.54, 1.807) is 6.21 Å². The summed E-state index contributed by atoms with van der Waals surface area (Å²) in [5.74, 6) is 0. The zero-order valence-corrected chi connectivity index (χ0v) is 10.6. The summed E-state index contributed by atoms with van der Waals surface area (Å²) in [6.07, 6.45) is 9.44. The molecule has 0 radical (unpaired) electrons. The molecule has 1 N–H and O–H groups in total. The van der Waals surface area contributed by atoms with Crippen LogP contribution in [0.25, 0.3) is 0 Å². The van der Waals surface area contributed by atoms with Crippen LogP contribution in [0.5, 0.6) is 0 Å². The van der Waals surface area contributed by atoms with Gasteiger partial charge in [0, 0.05) is 18.1 Å². The van der Waals surface area contributed by atoms with E-state index in [-0.39, 0.29) is 0 Å². The summed E-state index contributed by atoms with van der Waals surface area (Å²) in [7, 11) is 0. The molecule has 0 bridgehead atoms. The minimum atomic E-state index is 0.957. The minimum absolute atomic E-state index is 0.957. The highest BCUT2D eigenvalue weighted by Gasteiger charge is 1.82. The van der Waals surface area contributed by atoms with Crippen molar-refractivity contribution in [1.82, 2.24) is 0 Å². The molecule has 2 aromatic rings. The first-order valence-corrected chi connectivity index (χ1v) is 6.18. The van der Waals surface area contributed by atoms with Gasteiger partial charge >= 0.3 is 0 Å². The van der Waals surface area contributed by atoms with Gasteiger partial charge < -0.3 is 5.32 Å². The Balaban J connectivity index is 1.76. The minimum Gasteiger partial charge on any atom is -0.362 e. The number of aliphatic imine (C=N–C) groups is 1. The average molecular weight is 248 g/mol. The molecule has 0 aliphatic heterocycles. The maximum atomic E-state index is 4.30. The fourth-order valence-electron chi connectivity index (χ4n) is 1.49. The van der Waals surface area contributed by atoms with Crippen LogP contribution in [0.3, 0.4) is 0 Å². The van der Waals surface area contributed by atoms with Crippen molar-refractivity contribution in [1.29, 1.82) is 0 Å². The van der Waals surface area contributed by atoms with Gasteiger partial charge in [0.25, 0.3) is 0 Å². The van der Waals surface area contributed by atoms with Crippen molar-refractivity contribution in [2.24, 2.45) is 4.99 Å². The third kappa shape index (κ3) is 5.04. The van der Waals surface area contributed by atoms with Gasteiger partial charge in [0.1, 0.15) is 0 Å². The summed E-state index contributed by atoms with van der Waals surface area (Å²) in [5.41, 5.74) is 2.03. The fraction of sp³-hybridized carbons (Fsp3) is 0. The second-order valence-corrected chi connectivity index (χ2v) is 3.87. The van der Waals surface area contributed by atoms with Crippen molar-refractivity contribution in [2.45, 2.75) is 0 Å². The van der Waals surface area contributed by atoms with Crippen molar-refractivity contribution in [3.63, 3.8) is 0 Å². The summed E-state index contributed by atoms with van der Waals surface area (Å²) in [5, 5.41) is 3.18. The predicted octanol–water partition coefficient (Wildman–Crippen LogP) is 4.57. The van der Waals surface area contributed by atoms with Gasteiger partial charge in [0.15, 0.2) is 0 Å². The summed E-state index contributed by atoms with van der Waals surface area (Å²) < 4.78 is 0. The molecule has 0 unspecified atom stereocenters. The van der Waals surface area contributed by atoms with E-state index in [4.69, 9.17) is 0 Å². The van der Waals surface area contributed by atoms with Crippen molar-refractivity contribution < 1.29 is 0 Å². The molecule has 19 heavy (non-hydrogen) atoms. The second kappa shape index (κ2) is 7.67. The zero-order chi connectivity index (χ0) is 13.2. The molecule has 2 rings (SSSR count). The van der Waals surface area contributed by atoms with Gasteiger partial charge in [-0.1, -0.05) is 42.5 Å². The zero-order valence-electron chi connectivity index (χ0n) is 10.6. The maximum absolute atomic E-state index is 4.30. The van der Waals surface area contributed by atoms with E-state index in [9.17, 15) is 0 Å². The Hall–Kier alpha value is -2.61. The van der Waals surface area contributed by atoms with Gasteiger partial charge in [-0.3, -0.25) is 4.99 Å². The van der Waals surface area contributed by atoms with Crippen molar-refractivity contribution in [3.8, 4) is 0 Å². The Morgan fingerprint density at radius 1 is 0.737 bits per heavy atom. The molecule has 0 saturated carbocycles. The lowest BCUT2D eigenvalue weighted by atomic mass is 10.3. The molecule has 0 aliphatic rings. The van der Waals surface area contributed by atoms with E-state index in [0.29, 0.717) is 0 Å². The maximum Gasteiger partial charge on any atom is 0.0629 e. The molecule has 0 spiro atoms. The topological polar surface area (TPSA) is 24.4 Å². The Labute approximate surface area is 113 Å².